The van der Waals surface area contributed by atoms with Gasteiger partial charge >= 0.3 is 12.1 Å². The van der Waals surface area contributed by atoms with Crippen molar-refractivity contribution in [2.24, 2.45) is 0 Å². The highest BCUT2D eigenvalue weighted by Crippen LogP contribution is 2.67. The minimum Gasteiger partial charge on any atom is -0.480 e. The van der Waals surface area contributed by atoms with Crippen LogP contribution >= 0.6 is 28.3 Å². The van der Waals surface area contributed by atoms with Gasteiger partial charge in [-0.2, -0.15) is 0 Å². The van der Waals surface area contributed by atoms with Gasteiger partial charge in [0.25, 0.3) is 0 Å². The van der Waals surface area contributed by atoms with Gasteiger partial charge in [0.2, 0.25) is 5.55 Å². The number of rotatable bonds is 9. The van der Waals surface area contributed by atoms with Gasteiger partial charge in [-0.15, -0.1) is 0 Å². The Hall–Kier alpha value is -1.11. The lowest BCUT2D eigenvalue weighted by Crippen LogP contribution is -2.45. The van der Waals surface area contributed by atoms with Crippen LogP contribution in [0.2, 0.25) is 0 Å². The summed E-state index contributed by atoms with van der Waals surface area (Å²) in [6.07, 6.45) is 2.67. The number of carboxylic acids is 1. The monoisotopic (exact) mass is 391 g/mol. The maximum Gasteiger partial charge on any atom is 0.411 e. The topological polar surface area (TPSA) is 83.9 Å². The SMILES string of the molecule is CCC(C(=O)O)N(CP(=O)(SC)SC)C(=O)OCc1ccccc1. The second kappa shape index (κ2) is 10.0. The van der Waals surface area contributed by atoms with Crippen LogP contribution in [0, 0.1) is 0 Å². The summed E-state index contributed by atoms with van der Waals surface area (Å²) in [6.45, 7) is 1.70. The second-order valence-electron chi connectivity index (χ2n) is 4.89. The van der Waals surface area contributed by atoms with Crippen molar-refractivity contribution < 1.29 is 24.0 Å². The fourth-order valence-electron chi connectivity index (χ4n) is 1.99. The standard InChI is InChI=1S/C15H22NO5PS2/c1-4-13(14(17)18)16(11-22(20,23-2)24-3)15(19)21-10-12-8-6-5-7-9-12/h5-9,13H,4,10-11H2,1-3H3,(H,17,18). The van der Waals surface area contributed by atoms with E-state index in [9.17, 15) is 19.3 Å². The first kappa shape index (κ1) is 20.9. The molecule has 0 bridgehead atoms. The number of hydrogen-bond donors (Lipinski definition) is 1. The molecule has 1 atom stereocenters. The number of amides is 1. The van der Waals surface area contributed by atoms with Crippen molar-refractivity contribution in [2.75, 3.05) is 18.8 Å². The van der Waals surface area contributed by atoms with Gasteiger partial charge in [0, 0.05) is 0 Å². The van der Waals surface area contributed by atoms with E-state index in [1.807, 2.05) is 18.2 Å². The number of ether oxygens (including phenoxy) is 1. The molecule has 0 heterocycles. The zero-order valence-electron chi connectivity index (χ0n) is 13.9. The van der Waals surface area contributed by atoms with E-state index in [0.717, 1.165) is 33.2 Å². The molecule has 1 amide bonds. The molecule has 0 aliphatic heterocycles. The number of carboxylic acid groups (broad SMARTS) is 1. The van der Waals surface area contributed by atoms with Crippen molar-refractivity contribution >= 4 is 40.4 Å². The summed E-state index contributed by atoms with van der Waals surface area (Å²) in [4.78, 5) is 25.0. The van der Waals surface area contributed by atoms with Gasteiger partial charge in [-0.3, -0.25) is 9.46 Å². The Morgan fingerprint density at radius 2 is 1.83 bits per heavy atom. The molecule has 0 aromatic heterocycles. The Morgan fingerprint density at radius 1 is 1.25 bits per heavy atom. The van der Waals surface area contributed by atoms with Gasteiger partial charge in [0.15, 0.2) is 0 Å². The third kappa shape index (κ3) is 6.07. The molecule has 0 spiro atoms. The Morgan fingerprint density at radius 3 is 2.29 bits per heavy atom. The summed E-state index contributed by atoms with van der Waals surface area (Å²) in [5, 5.41) is 9.37. The molecule has 0 fully saturated rings. The van der Waals surface area contributed by atoms with E-state index in [1.54, 1.807) is 31.6 Å². The molecule has 1 aromatic rings. The van der Waals surface area contributed by atoms with Gasteiger partial charge in [-0.05, 0) is 24.5 Å². The molecule has 0 aliphatic rings. The molecular formula is C15H22NO5PS2. The maximum atomic E-state index is 12.7. The van der Waals surface area contributed by atoms with Crippen LogP contribution in [0.5, 0.6) is 0 Å². The summed E-state index contributed by atoms with van der Waals surface area (Å²) in [5.41, 5.74) is -2.00. The van der Waals surface area contributed by atoms with E-state index in [2.05, 4.69) is 0 Å². The van der Waals surface area contributed by atoms with Crippen molar-refractivity contribution in [1.29, 1.82) is 0 Å². The van der Waals surface area contributed by atoms with Crippen molar-refractivity contribution in [3.8, 4) is 0 Å². The highest BCUT2D eigenvalue weighted by atomic mass is 33.1. The first-order chi connectivity index (χ1) is 11.4. The van der Waals surface area contributed by atoms with Crippen LogP contribution in [-0.4, -0.2) is 46.9 Å². The summed E-state index contributed by atoms with van der Waals surface area (Å²) < 4.78 is 17.9. The number of nitrogens with zero attached hydrogens (tertiary/aromatic N) is 1. The number of carbonyl (C=O) groups is 2. The summed E-state index contributed by atoms with van der Waals surface area (Å²) >= 11 is 2.30. The molecule has 24 heavy (non-hydrogen) atoms. The predicted molar refractivity (Wildman–Crippen MR) is 99.7 cm³/mol. The fourth-order valence-corrected chi connectivity index (χ4v) is 6.28. The maximum absolute atomic E-state index is 12.7. The van der Waals surface area contributed by atoms with Crippen LogP contribution in [0.3, 0.4) is 0 Å². The van der Waals surface area contributed by atoms with Crippen LogP contribution in [-0.2, 0) is 20.7 Å². The highest BCUT2D eigenvalue weighted by Gasteiger charge is 2.35. The number of carbonyl (C=O) groups excluding carboxylic acids is 1. The first-order valence-electron chi connectivity index (χ1n) is 7.27. The van der Waals surface area contributed by atoms with Crippen molar-refractivity contribution in [3.63, 3.8) is 0 Å². The molecule has 1 aromatic carbocycles. The van der Waals surface area contributed by atoms with Crippen molar-refractivity contribution in [1.82, 2.24) is 4.90 Å². The van der Waals surface area contributed by atoms with Gasteiger partial charge in [-0.25, -0.2) is 9.59 Å². The molecule has 134 valence electrons. The van der Waals surface area contributed by atoms with Gasteiger partial charge < -0.3 is 9.84 Å². The normalized spacial score (nSPS) is 12.5. The number of benzene rings is 1. The third-order valence-corrected chi connectivity index (χ3v) is 11.8. The highest BCUT2D eigenvalue weighted by molar-refractivity contribution is 8.90. The lowest BCUT2D eigenvalue weighted by molar-refractivity contribution is -0.142. The van der Waals surface area contributed by atoms with Crippen molar-refractivity contribution in [3.05, 3.63) is 35.9 Å². The summed E-state index contributed by atoms with van der Waals surface area (Å²) in [7, 11) is 0. The average molecular weight is 391 g/mol. The van der Waals surface area contributed by atoms with Crippen LogP contribution in [0.4, 0.5) is 4.79 Å². The van der Waals surface area contributed by atoms with Crippen LogP contribution in [0.15, 0.2) is 30.3 Å². The van der Waals surface area contributed by atoms with Gasteiger partial charge in [0.05, 0.1) is 6.29 Å². The Bertz CT molecular complexity index is 591. The fraction of sp³-hybridized carbons (Fsp3) is 0.467. The van der Waals surface area contributed by atoms with E-state index in [-0.39, 0.29) is 19.3 Å². The number of hydrogen-bond acceptors (Lipinski definition) is 6. The molecule has 1 rings (SSSR count). The molecule has 9 heteroatoms. The minimum atomic E-state index is -2.80. The van der Waals surface area contributed by atoms with E-state index in [0.29, 0.717) is 0 Å². The molecule has 0 saturated heterocycles. The number of aliphatic carboxylic acids is 1. The lowest BCUT2D eigenvalue weighted by Gasteiger charge is -2.29. The van der Waals surface area contributed by atoms with Crippen molar-refractivity contribution in [2.45, 2.75) is 26.0 Å². The molecular weight excluding hydrogens is 369 g/mol. The summed E-state index contributed by atoms with van der Waals surface area (Å²) in [6, 6.07) is 8.04. The summed E-state index contributed by atoms with van der Waals surface area (Å²) in [5.74, 6) is -1.14. The predicted octanol–water partition coefficient (Wildman–Crippen LogP) is 4.37. The molecule has 6 nitrogen and oxygen atoms in total. The lowest BCUT2D eigenvalue weighted by atomic mass is 10.2. The average Bonchev–Trinajstić information content (AvgIpc) is 2.59. The van der Waals surface area contributed by atoms with Gasteiger partial charge in [0.1, 0.15) is 12.6 Å². The van der Waals surface area contributed by atoms with Crippen LogP contribution in [0.25, 0.3) is 0 Å². The van der Waals surface area contributed by atoms with E-state index >= 15 is 0 Å². The molecule has 0 saturated carbocycles. The smallest absolute Gasteiger partial charge is 0.411 e. The van der Waals surface area contributed by atoms with Crippen LogP contribution in [0.1, 0.15) is 18.9 Å². The quantitative estimate of drug-likeness (QED) is 0.626. The Kier molecular flexibility index (Phi) is 8.73. The molecule has 0 radical (unpaired) electrons. The van der Waals surface area contributed by atoms with E-state index in [4.69, 9.17) is 4.74 Å². The van der Waals surface area contributed by atoms with Crippen LogP contribution < -0.4 is 0 Å². The zero-order chi connectivity index (χ0) is 18.2. The molecule has 0 aliphatic carbocycles. The molecule has 1 unspecified atom stereocenters. The Balaban J connectivity index is 2.92. The second-order valence-corrected chi connectivity index (χ2v) is 13.5. The van der Waals surface area contributed by atoms with E-state index in [1.165, 1.54) is 0 Å². The first-order valence-corrected chi connectivity index (χ1v) is 12.8. The van der Waals surface area contributed by atoms with E-state index < -0.39 is 23.7 Å². The Labute approximate surface area is 150 Å². The zero-order valence-corrected chi connectivity index (χ0v) is 16.4. The third-order valence-electron chi connectivity index (χ3n) is 3.37. The minimum absolute atomic E-state index is 0.0368. The largest absolute Gasteiger partial charge is 0.480 e. The van der Waals surface area contributed by atoms with Gasteiger partial charge in [-0.1, -0.05) is 60.0 Å². The molecule has 1 N–H and O–H groups in total.